The molecule has 0 bridgehead atoms. The summed E-state index contributed by atoms with van der Waals surface area (Å²) < 4.78 is 9.49. The van der Waals surface area contributed by atoms with E-state index < -0.39 is 11.9 Å². The van der Waals surface area contributed by atoms with Crippen molar-refractivity contribution >= 4 is 23.5 Å². The molecule has 0 saturated carbocycles. The number of benzene rings is 2. The number of nitrogens with zero attached hydrogens (tertiary/aromatic N) is 2. The van der Waals surface area contributed by atoms with Gasteiger partial charge in [-0.3, -0.25) is 4.79 Å². The number of carbonyl (C=O) groups excluding carboxylic acids is 3. The van der Waals surface area contributed by atoms with E-state index in [1.54, 1.807) is 4.90 Å². The average molecular weight is 462 g/mol. The number of piperidine rings is 1. The Bertz CT molecular complexity index is 1110. The molecule has 8 nitrogen and oxygen atoms in total. The summed E-state index contributed by atoms with van der Waals surface area (Å²) in [6, 6.07) is 16.4. The van der Waals surface area contributed by atoms with Crippen molar-refractivity contribution in [3.63, 3.8) is 0 Å². The minimum atomic E-state index is -0.627. The number of rotatable bonds is 7. The quantitative estimate of drug-likeness (QED) is 0.381. The van der Waals surface area contributed by atoms with Crippen LogP contribution in [0.25, 0.3) is 0 Å². The Labute approximate surface area is 198 Å². The summed E-state index contributed by atoms with van der Waals surface area (Å²) in [7, 11) is 2.49. The van der Waals surface area contributed by atoms with Crippen LogP contribution in [-0.4, -0.2) is 50.1 Å². The molecule has 0 atom stereocenters. The summed E-state index contributed by atoms with van der Waals surface area (Å²) in [5.41, 5.74) is 1.76. The third kappa shape index (κ3) is 6.01. The van der Waals surface area contributed by atoms with Crippen LogP contribution in [0.1, 0.15) is 39.1 Å². The lowest BCUT2D eigenvalue weighted by molar-refractivity contribution is -0.128. The van der Waals surface area contributed by atoms with Gasteiger partial charge in [0, 0.05) is 19.3 Å². The number of nitrogens with one attached hydrogen (secondary N) is 1. The smallest absolute Gasteiger partial charge is 0.339 e. The molecule has 1 amide bonds. The lowest BCUT2D eigenvalue weighted by Gasteiger charge is -2.32. The molecule has 0 radical (unpaired) electrons. The Kier molecular flexibility index (Phi) is 8.41. The predicted octanol–water partition coefficient (Wildman–Crippen LogP) is 3.56. The van der Waals surface area contributed by atoms with Gasteiger partial charge in [-0.1, -0.05) is 30.3 Å². The van der Waals surface area contributed by atoms with Crippen LogP contribution >= 0.6 is 0 Å². The van der Waals surface area contributed by atoms with Gasteiger partial charge >= 0.3 is 11.9 Å². The zero-order valence-electron chi connectivity index (χ0n) is 19.2. The van der Waals surface area contributed by atoms with Crippen LogP contribution in [0.3, 0.4) is 0 Å². The summed E-state index contributed by atoms with van der Waals surface area (Å²) in [6.45, 7) is 1.14. The molecule has 1 fully saturated rings. The Morgan fingerprint density at radius 1 is 1.06 bits per heavy atom. The fraction of sp³-hybridized carbons (Fsp3) is 0.308. The predicted molar refractivity (Wildman–Crippen MR) is 126 cm³/mol. The van der Waals surface area contributed by atoms with Crippen molar-refractivity contribution in [3.8, 4) is 6.07 Å². The van der Waals surface area contributed by atoms with Gasteiger partial charge in [-0.05, 0) is 48.9 Å². The summed E-state index contributed by atoms with van der Waals surface area (Å²) in [5, 5.41) is 12.4. The van der Waals surface area contributed by atoms with E-state index in [2.05, 4.69) is 17.4 Å². The Morgan fingerprint density at radius 3 is 2.35 bits per heavy atom. The first-order chi connectivity index (χ1) is 16.5. The number of amides is 1. The number of anilines is 1. The molecule has 0 aliphatic carbocycles. The maximum atomic E-state index is 12.9. The van der Waals surface area contributed by atoms with E-state index in [0.717, 1.165) is 19.3 Å². The first-order valence-electron chi connectivity index (χ1n) is 11.0. The number of nitriles is 1. The molecule has 1 aliphatic rings. The Balaban J connectivity index is 1.69. The fourth-order valence-corrected chi connectivity index (χ4v) is 3.95. The molecule has 1 aliphatic heterocycles. The maximum absolute atomic E-state index is 12.9. The van der Waals surface area contributed by atoms with Gasteiger partial charge in [0.05, 0.1) is 31.0 Å². The van der Waals surface area contributed by atoms with Gasteiger partial charge in [-0.15, -0.1) is 0 Å². The first-order valence-corrected chi connectivity index (χ1v) is 11.0. The molecular formula is C26H27N3O5. The van der Waals surface area contributed by atoms with Crippen LogP contribution in [0.15, 0.2) is 60.3 Å². The van der Waals surface area contributed by atoms with Gasteiger partial charge in [0.1, 0.15) is 11.6 Å². The highest BCUT2D eigenvalue weighted by Crippen LogP contribution is 2.23. The van der Waals surface area contributed by atoms with Crippen molar-refractivity contribution < 1.29 is 23.9 Å². The number of carbonyl (C=O) groups is 3. The number of ether oxygens (including phenoxy) is 2. The summed E-state index contributed by atoms with van der Waals surface area (Å²) >= 11 is 0. The number of esters is 2. The van der Waals surface area contributed by atoms with Crippen LogP contribution in [0.5, 0.6) is 0 Å². The molecule has 3 rings (SSSR count). The summed E-state index contributed by atoms with van der Waals surface area (Å²) in [4.78, 5) is 38.6. The van der Waals surface area contributed by atoms with Crippen LogP contribution in [-0.2, 0) is 20.7 Å². The van der Waals surface area contributed by atoms with Crippen LogP contribution in [0, 0.1) is 17.2 Å². The van der Waals surface area contributed by atoms with E-state index in [1.165, 1.54) is 44.2 Å². The largest absolute Gasteiger partial charge is 0.465 e. The van der Waals surface area contributed by atoms with E-state index in [4.69, 9.17) is 9.47 Å². The highest BCUT2D eigenvalue weighted by atomic mass is 16.5. The minimum Gasteiger partial charge on any atom is -0.465 e. The van der Waals surface area contributed by atoms with Gasteiger partial charge < -0.3 is 19.7 Å². The van der Waals surface area contributed by atoms with Crippen LogP contribution in [0.4, 0.5) is 5.69 Å². The normalized spacial score (nSPS) is 14.1. The van der Waals surface area contributed by atoms with Crippen molar-refractivity contribution in [2.45, 2.75) is 19.3 Å². The Hall–Kier alpha value is -4.12. The first kappa shape index (κ1) is 24.5. The summed E-state index contributed by atoms with van der Waals surface area (Å²) in [6.07, 6.45) is 3.94. The zero-order valence-corrected chi connectivity index (χ0v) is 19.2. The number of hydrogen-bond donors (Lipinski definition) is 1. The number of methoxy groups -OCH3 is 2. The van der Waals surface area contributed by atoms with E-state index in [1.807, 2.05) is 24.3 Å². The molecular weight excluding hydrogens is 434 g/mol. The maximum Gasteiger partial charge on any atom is 0.339 e. The molecule has 34 heavy (non-hydrogen) atoms. The van der Waals surface area contributed by atoms with Crippen molar-refractivity contribution in [2.24, 2.45) is 5.92 Å². The van der Waals surface area contributed by atoms with E-state index in [9.17, 15) is 19.6 Å². The molecule has 2 aromatic rings. The number of likely N-dealkylation sites (tertiary alicyclic amines) is 1. The second kappa shape index (κ2) is 11.7. The van der Waals surface area contributed by atoms with Crippen molar-refractivity contribution in [2.75, 3.05) is 32.6 Å². The molecule has 8 heteroatoms. The second-order valence-corrected chi connectivity index (χ2v) is 7.98. The van der Waals surface area contributed by atoms with E-state index >= 15 is 0 Å². The lowest BCUT2D eigenvalue weighted by Crippen LogP contribution is -2.39. The molecule has 1 N–H and O–H groups in total. The zero-order chi connectivity index (χ0) is 24.5. The third-order valence-electron chi connectivity index (χ3n) is 5.84. The monoisotopic (exact) mass is 461 g/mol. The highest BCUT2D eigenvalue weighted by molar-refractivity contribution is 6.00. The molecule has 1 saturated heterocycles. The van der Waals surface area contributed by atoms with Gasteiger partial charge in [0.2, 0.25) is 0 Å². The third-order valence-corrected chi connectivity index (χ3v) is 5.84. The highest BCUT2D eigenvalue weighted by Gasteiger charge is 2.25. The molecule has 0 spiro atoms. The van der Waals surface area contributed by atoms with Crippen molar-refractivity contribution in [1.82, 2.24) is 4.90 Å². The van der Waals surface area contributed by atoms with E-state index in [0.29, 0.717) is 19.0 Å². The molecule has 0 aromatic heterocycles. The van der Waals surface area contributed by atoms with Crippen molar-refractivity contribution in [1.29, 1.82) is 5.26 Å². The van der Waals surface area contributed by atoms with Crippen LogP contribution < -0.4 is 5.32 Å². The van der Waals surface area contributed by atoms with Gasteiger partial charge in [0.25, 0.3) is 5.91 Å². The van der Waals surface area contributed by atoms with Crippen molar-refractivity contribution in [3.05, 3.63) is 77.0 Å². The lowest BCUT2D eigenvalue weighted by atomic mass is 9.90. The minimum absolute atomic E-state index is 0.0965. The van der Waals surface area contributed by atoms with Crippen LogP contribution in [0.2, 0.25) is 0 Å². The second-order valence-electron chi connectivity index (χ2n) is 7.98. The van der Waals surface area contributed by atoms with Gasteiger partial charge in [-0.2, -0.15) is 5.26 Å². The molecule has 1 heterocycles. The Morgan fingerprint density at radius 2 is 1.74 bits per heavy atom. The standard InChI is InChI=1S/C26H27N3O5/c1-33-25(31)20-8-9-22(26(32)34-2)23(15-20)28-17-21(16-27)24(30)29-12-10-19(11-13-29)14-18-6-4-3-5-7-18/h3-9,15,17,19,28H,10-14H2,1-2H3/b21-17-. The number of hydrogen-bond acceptors (Lipinski definition) is 7. The van der Waals surface area contributed by atoms with Gasteiger partial charge in [-0.25, -0.2) is 9.59 Å². The summed E-state index contributed by atoms with van der Waals surface area (Å²) in [5.74, 6) is -1.10. The molecule has 2 aromatic carbocycles. The molecule has 176 valence electrons. The fourth-order valence-electron chi connectivity index (χ4n) is 3.95. The molecule has 0 unspecified atom stereocenters. The average Bonchev–Trinajstić information content (AvgIpc) is 2.88. The van der Waals surface area contributed by atoms with E-state index in [-0.39, 0.29) is 28.3 Å². The topological polar surface area (TPSA) is 109 Å². The van der Waals surface area contributed by atoms with Gasteiger partial charge in [0.15, 0.2) is 0 Å². The SMILES string of the molecule is COC(=O)c1ccc(C(=O)OC)c(N/C=C(/C#N)C(=O)N2CCC(Cc3ccccc3)CC2)c1.